The fraction of sp³-hybridized carbons (Fsp3) is 0.533. The van der Waals surface area contributed by atoms with Crippen LogP contribution in [0.4, 0.5) is 10.1 Å². The molecule has 1 aliphatic rings. The van der Waals surface area contributed by atoms with Gasteiger partial charge in [-0.15, -0.1) is 0 Å². The van der Waals surface area contributed by atoms with E-state index in [1.165, 1.54) is 6.07 Å². The van der Waals surface area contributed by atoms with Gasteiger partial charge in [-0.2, -0.15) is 0 Å². The summed E-state index contributed by atoms with van der Waals surface area (Å²) in [7, 11) is 0. The SMILES string of the molecule is CCC(=O)NC1CCCN(c2ccc(F)cc2C)C1. The maximum absolute atomic E-state index is 13.1. The maximum atomic E-state index is 13.1. The summed E-state index contributed by atoms with van der Waals surface area (Å²) in [6.45, 7) is 5.55. The Balaban J connectivity index is 2.06. The van der Waals surface area contributed by atoms with Crippen LogP contribution in [-0.4, -0.2) is 25.0 Å². The minimum atomic E-state index is -0.200. The molecule has 19 heavy (non-hydrogen) atoms. The van der Waals surface area contributed by atoms with Crippen molar-refractivity contribution in [1.29, 1.82) is 0 Å². The van der Waals surface area contributed by atoms with Gasteiger partial charge in [-0.1, -0.05) is 6.92 Å². The fourth-order valence-electron chi connectivity index (χ4n) is 2.62. The average Bonchev–Trinajstić information content (AvgIpc) is 2.39. The third-order valence-electron chi connectivity index (χ3n) is 3.61. The number of benzene rings is 1. The van der Waals surface area contributed by atoms with E-state index in [4.69, 9.17) is 0 Å². The maximum Gasteiger partial charge on any atom is 0.219 e. The number of carbonyl (C=O) groups is 1. The summed E-state index contributed by atoms with van der Waals surface area (Å²) in [5.74, 6) is -0.100. The number of piperidine rings is 1. The molecule has 104 valence electrons. The molecule has 0 bridgehead atoms. The molecule has 4 heteroatoms. The minimum absolute atomic E-state index is 0.0997. The first-order valence-electron chi connectivity index (χ1n) is 6.90. The van der Waals surface area contributed by atoms with Gasteiger partial charge in [0, 0.05) is 31.2 Å². The van der Waals surface area contributed by atoms with Gasteiger partial charge < -0.3 is 10.2 Å². The molecule has 1 atom stereocenters. The molecule has 3 nitrogen and oxygen atoms in total. The van der Waals surface area contributed by atoms with Crippen molar-refractivity contribution in [3.63, 3.8) is 0 Å². The molecule has 1 aliphatic heterocycles. The molecule has 0 spiro atoms. The molecule has 1 saturated heterocycles. The lowest BCUT2D eigenvalue weighted by molar-refractivity contribution is -0.121. The van der Waals surface area contributed by atoms with Gasteiger partial charge in [-0.25, -0.2) is 4.39 Å². The van der Waals surface area contributed by atoms with Crippen molar-refractivity contribution in [3.05, 3.63) is 29.6 Å². The number of hydrogen-bond acceptors (Lipinski definition) is 2. The summed E-state index contributed by atoms with van der Waals surface area (Å²) in [6, 6.07) is 5.08. The van der Waals surface area contributed by atoms with E-state index in [1.807, 2.05) is 19.9 Å². The van der Waals surface area contributed by atoms with Crippen molar-refractivity contribution in [1.82, 2.24) is 5.32 Å². The standard InChI is InChI=1S/C15H21FN2O/c1-3-15(19)17-13-5-4-8-18(10-13)14-7-6-12(16)9-11(14)2/h6-7,9,13H,3-5,8,10H2,1-2H3,(H,17,19). The molecule has 0 radical (unpaired) electrons. The normalized spacial score (nSPS) is 19.3. The number of aryl methyl sites for hydroxylation is 1. The number of nitrogens with zero attached hydrogens (tertiary/aromatic N) is 1. The Morgan fingerprint density at radius 3 is 3.00 bits per heavy atom. The van der Waals surface area contributed by atoms with Crippen LogP contribution >= 0.6 is 0 Å². The molecule has 0 saturated carbocycles. The summed E-state index contributed by atoms with van der Waals surface area (Å²) in [5.41, 5.74) is 2.01. The Hall–Kier alpha value is -1.58. The first-order chi connectivity index (χ1) is 9.10. The zero-order valence-electron chi connectivity index (χ0n) is 11.6. The number of rotatable bonds is 3. The third-order valence-corrected chi connectivity index (χ3v) is 3.61. The average molecular weight is 264 g/mol. The van der Waals surface area contributed by atoms with E-state index in [0.29, 0.717) is 6.42 Å². The van der Waals surface area contributed by atoms with Gasteiger partial charge in [0.1, 0.15) is 5.82 Å². The van der Waals surface area contributed by atoms with E-state index < -0.39 is 0 Å². The lowest BCUT2D eigenvalue weighted by atomic mass is 10.0. The van der Waals surface area contributed by atoms with Crippen molar-refractivity contribution < 1.29 is 9.18 Å². The van der Waals surface area contributed by atoms with Gasteiger partial charge in [-0.05, 0) is 43.5 Å². The summed E-state index contributed by atoms with van der Waals surface area (Å²) < 4.78 is 13.1. The molecular weight excluding hydrogens is 243 g/mol. The van der Waals surface area contributed by atoms with Gasteiger partial charge >= 0.3 is 0 Å². The van der Waals surface area contributed by atoms with Crippen LogP contribution in [0, 0.1) is 12.7 Å². The second-order valence-corrected chi connectivity index (χ2v) is 5.14. The van der Waals surface area contributed by atoms with Crippen LogP contribution in [0.25, 0.3) is 0 Å². The number of anilines is 1. The molecule has 1 N–H and O–H groups in total. The van der Waals surface area contributed by atoms with Crippen molar-refractivity contribution in [2.45, 2.75) is 39.2 Å². The second-order valence-electron chi connectivity index (χ2n) is 5.14. The van der Waals surface area contributed by atoms with E-state index in [2.05, 4.69) is 10.2 Å². The topological polar surface area (TPSA) is 32.3 Å². The van der Waals surface area contributed by atoms with E-state index >= 15 is 0 Å². The highest BCUT2D eigenvalue weighted by atomic mass is 19.1. The van der Waals surface area contributed by atoms with E-state index in [0.717, 1.165) is 37.2 Å². The van der Waals surface area contributed by atoms with Crippen LogP contribution in [-0.2, 0) is 4.79 Å². The molecular formula is C15H21FN2O. The highest BCUT2D eigenvalue weighted by molar-refractivity contribution is 5.76. The van der Waals surface area contributed by atoms with Gasteiger partial charge in [0.25, 0.3) is 0 Å². The predicted octanol–water partition coefficient (Wildman–Crippen LogP) is 2.63. The Morgan fingerprint density at radius 2 is 2.32 bits per heavy atom. The summed E-state index contributed by atoms with van der Waals surface area (Å²) in [4.78, 5) is 13.7. The smallest absolute Gasteiger partial charge is 0.219 e. The molecule has 1 heterocycles. The molecule has 2 rings (SSSR count). The largest absolute Gasteiger partial charge is 0.369 e. The van der Waals surface area contributed by atoms with Crippen molar-refractivity contribution in [2.75, 3.05) is 18.0 Å². The lowest BCUT2D eigenvalue weighted by Crippen LogP contribution is -2.47. The van der Waals surface area contributed by atoms with Crippen LogP contribution in [0.5, 0.6) is 0 Å². The molecule has 1 amide bonds. The number of nitrogens with one attached hydrogen (secondary N) is 1. The van der Waals surface area contributed by atoms with E-state index in [1.54, 1.807) is 6.07 Å². The van der Waals surface area contributed by atoms with Gasteiger partial charge in [0.15, 0.2) is 0 Å². The van der Waals surface area contributed by atoms with Crippen molar-refractivity contribution >= 4 is 11.6 Å². The first kappa shape index (κ1) is 13.8. The van der Waals surface area contributed by atoms with Crippen molar-refractivity contribution in [2.24, 2.45) is 0 Å². The number of halogens is 1. The first-order valence-corrected chi connectivity index (χ1v) is 6.90. The van der Waals surface area contributed by atoms with Crippen LogP contribution in [0.15, 0.2) is 18.2 Å². The third kappa shape index (κ3) is 3.46. The minimum Gasteiger partial charge on any atom is -0.369 e. The highest BCUT2D eigenvalue weighted by Crippen LogP contribution is 2.24. The van der Waals surface area contributed by atoms with Crippen LogP contribution in [0.2, 0.25) is 0 Å². The second kappa shape index (κ2) is 6.04. The number of carbonyl (C=O) groups excluding carboxylic acids is 1. The Kier molecular flexibility index (Phi) is 4.40. The quantitative estimate of drug-likeness (QED) is 0.910. The molecule has 1 fully saturated rings. The van der Waals surface area contributed by atoms with Gasteiger partial charge in [0.05, 0.1) is 0 Å². The zero-order valence-corrected chi connectivity index (χ0v) is 11.6. The van der Waals surface area contributed by atoms with Crippen LogP contribution in [0.3, 0.4) is 0 Å². The van der Waals surface area contributed by atoms with Crippen molar-refractivity contribution in [3.8, 4) is 0 Å². The van der Waals surface area contributed by atoms with Crippen LogP contribution in [0.1, 0.15) is 31.7 Å². The van der Waals surface area contributed by atoms with E-state index in [-0.39, 0.29) is 17.8 Å². The molecule has 1 unspecified atom stereocenters. The molecule has 1 aromatic carbocycles. The lowest BCUT2D eigenvalue weighted by Gasteiger charge is -2.35. The Bertz CT molecular complexity index is 461. The molecule has 1 aromatic rings. The summed E-state index contributed by atoms with van der Waals surface area (Å²) in [6.07, 6.45) is 2.58. The molecule has 0 aliphatic carbocycles. The molecule has 0 aromatic heterocycles. The monoisotopic (exact) mass is 264 g/mol. The van der Waals surface area contributed by atoms with Gasteiger partial charge in [0.2, 0.25) is 5.91 Å². The Labute approximate surface area is 113 Å². The van der Waals surface area contributed by atoms with E-state index in [9.17, 15) is 9.18 Å². The Morgan fingerprint density at radius 1 is 1.53 bits per heavy atom. The van der Waals surface area contributed by atoms with Crippen LogP contribution < -0.4 is 10.2 Å². The fourth-order valence-corrected chi connectivity index (χ4v) is 2.62. The van der Waals surface area contributed by atoms with Gasteiger partial charge in [-0.3, -0.25) is 4.79 Å². The summed E-state index contributed by atoms with van der Waals surface area (Å²) in [5, 5.41) is 3.04. The number of hydrogen-bond donors (Lipinski definition) is 1. The summed E-state index contributed by atoms with van der Waals surface area (Å²) >= 11 is 0. The number of amides is 1. The highest BCUT2D eigenvalue weighted by Gasteiger charge is 2.22. The predicted molar refractivity (Wildman–Crippen MR) is 74.8 cm³/mol. The zero-order chi connectivity index (χ0) is 13.8.